The number of hydrogen-bond donors (Lipinski definition) is 1. The fourth-order valence-corrected chi connectivity index (χ4v) is 5.88. The first-order valence-corrected chi connectivity index (χ1v) is 13.3. The molecule has 196 valence electrons. The molecule has 0 saturated carbocycles. The van der Waals surface area contributed by atoms with Gasteiger partial charge in [0.1, 0.15) is 6.54 Å². The van der Waals surface area contributed by atoms with E-state index < -0.39 is 46.2 Å². The van der Waals surface area contributed by atoms with Crippen LogP contribution in [0.25, 0.3) is 21.5 Å². The number of hydrogen-bond acceptors (Lipinski definition) is 7. The lowest BCUT2D eigenvalue weighted by molar-refractivity contribution is -0.153. The summed E-state index contributed by atoms with van der Waals surface area (Å²) >= 11 is 0. The van der Waals surface area contributed by atoms with Gasteiger partial charge >= 0.3 is 5.97 Å². The van der Waals surface area contributed by atoms with Gasteiger partial charge in [-0.1, -0.05) is 42.5 Å². The minimum absolute atomic E-state index is 0.0998. The zero-order valence-electron chi connectivity index (χ0n) is 20.2. The Hall–Kier alpha value is -4.29. The highest BCUT2D eigenvalue weighted by Crippen LogP contribution is 2.23. The second kappa shape index (κ2) is 10.2. The fourth-order valence-electron chi connectivity index (χ4n) is 4.42. The Balaban J connectivity index is 1.16. The number of nitrogens with zero attached hydrogens (tertiary/aromatic N) is 3. The zero-order valence-corrected chi connectivity index (χ0v) is 21.0. The van der Waals surface area contributed by atoms with E-state index in [1.807, 2.05) is 24.3 Å². The molecule has 1 aliphatic rings. The summed E-state index contributed by atoms with van der Waals surface area (Å²) in [6, 6.07) is 18.7. The number of aromatic nitrogens is 2. The average Bonchev–Trinajstić information content (AvgIpc) is 2.94. The highest BCUT2D eigenvalue weighted by molar-refractivity contribution is 7.89. The molecule has 0 bridgehead atoms. The number of piperazine rings is 1. The highest BCUT2D eigenvalue weighted by Gasteiger charge is 2.30. The zero-order chi connectivity index (χ0) is 26.9. The van der Waals surface area contributed by atoms with E-state index in [9.17, 15) is 27.6 Å². The molecule has 1 aromatic heterocycles. The van der Waals surface area contributed by atoms with Crippen LogP contribution in [0.1, 0.15) is 0 Å². The van der Waals surface area contributed by atoms with Crippen LogP contribution in [0.15, 0.2) is 81.2 Å². The first-order valence-electron chi connectivity index (χ1n) is 11.9. The van der Waals surface area contributed by atoms with Crippen LogP contribution in [0, 0.1) is 0 Å². The quantitative estimate of drug-likeness (QED) is 0.362. The number of benzene rings is 3. The van der Waals surface area contributed by atoms with Gasteiger partial charge in [0.15, 0.2) is 6.61 Å². The minimum atomic E-state index is -3.74. The number of carbonyl (C=O) groups excluding carboxylic acids is 2. The molecule has 0 unspecified atom stereocenters. The lowest BCUT2D eigenvalue weighted by Crippen LogP contribution is -2.51. The topological polar surface area (TPSA) is 139 Å². The first kappa shape index (κ1) is 25.4. The molecule has 38 heavy (non-hydrogen) atoms. The van der Waals surface area contributed by atoms with E-state index >= 15 is 0 Å². The molecule has 0 spiro atoms. The van der Waals surface area contributed by atoms with Crippen LogP contribution >= 0.6 is 0 Å². The Morgan fingerprint density at radius 3 is 2.24 bits per heavy atom. The number of H-pyrrole nitrogens is 1. The number of sulfonamides is 1. The van der Waals surface area contributed by atoms with E-state index in [1.165, 1.54) is 21.3 Å². The molecule has 0 radical (unpaired) electrons. The van der Waals surface area contributed by atoms with Gasteiger partial charge in [0.05, 0.1) is 15.7 Å². The molecule has 3 aromatic carbocycles. The Bertz CT molecular complexity index is 1770. The molecule has 11 nitrogen and oxygen atoms in total. The smallest absolute Gasteiger partial charge is 0.328 e. The van der Waals surface area contributed by atoms with Crippen molar-refractivity contribution in [3.8, 4) is 0 Å². The lowest BCUT2D eigenvalue weighted by Gasteiger charge is -2.33. The van der Waals surface area contributed by atoms with Gasteiger partial charge in [0.2, 0.25) is 10.0 Å². The second-order valence-corrected chi connectivity index (χ2v) is 10.8. The molecule has 5 rings (SSSR count). The summed E-state index contributed by atoms with van der Waals surface area (Å²) in [7, 11) is -3.74. The van der Waals surface area contributed by atoms with E-state index in [4.69, 9.17) is 4.74 Å². The normalized spacial score (nSPS) is 14.6. The molecule has 0 atom stereocenters. The number of aromatic amines is 1. The number of esters is 1. The predicted molar refractivity (Wildman–Crippen MR) is 139 cm³/mol. The van der Waals surface area contributed by atoms with Crippen molar-refractivity contribution in [3.63, 3.8) is 0 Å². The molecule has 2 heterocycles. The number of ether oxygens (including phenoxy) is 1. The summed E-state index contributed by atoms with van der Waals surface area (Å²) in [6.07, 6.45) is 0. The summed E-state index contributed by atoms with van der Waals surface area (Å²) < 4.78 is 33.5. The highest BCUT2D eigenvalue weighted by atomic mass is 32.2. The Morgan fingerprint density at radius 2 is 1.50 bits per heavy atom. The van der Waals surface area contributed by atoms with Crippen molar-refractivity contribution in [2.45, 2.75) is 11.4 Å². The molecule has 12 heteroatoms. The third-order valence-electron chi connectivity index (χ3n) is 6.48. The van der Waals surface area contributed by atoms with E-state index in [-0.39, 0.29) is 41.8 Å². The van der Waals surface area contributed by atoms with Crippen molar-refractivity contribution >= 4 is 43.4 Å². The van der Waals surface area contributed by atoms with E-state index in [1.54, 1.807) is 30.3 Å². The summed E-state index contributed by atoms with van der Waals surface area (Å²) in [5.41, 5.74) is -1.09. The van der Waals surface area contributed by atoms with E-state index in [2.05, 4.69) is 5.10 Å². The maximum Gasteiger partial charge on any atom is 0.328 e. The molecule has 4 aromatic rings. The van der Waals surface area contributed by atoms with Crippen molar-refractivity contribution < 1.29 is 22.7 Å². The predicted octanol–water partition coefficient (Wildman–Crippen LogP) is 0.919. The molecule has 1 saturated heterocycles. The minimum Gasteiger partial charge on any atom is -0.454 e. The maximum atomic E-state index is 13.1. The van der Waals surface area contributed by atoms with Gasteiger partial charge < -0.3 is 9.64 Å². The average molecular weight is 537 g/mol. The number of carbonyl (C=O) groups is 2. The molecule has 0 aliphatic carbocycles. The number of amides is 1. The van der Waals surface area contributed by atoms with Gasteiger partial charge in [-0.3, -0.25) is 24.3 Å². The van der Waals surface area contributed by atoms with Gasteiger partial charge in [0, 0.05) is 26.2 Å². The third kappa shape index (κ3) is 4.95. The summed E-state index contributed by atoms with van der Waals surface area (Å²) in [5, 5.41) is 4.46. The van der Waals surface area contributed by atoms with Crippen molar-refractivity contribution in [2.75, 3.05) is 32.8 Å². The van der Waals surface area contributed by atoms with Gasteiger partial charge in [0.25, 0.3) is 17.0 Å². The molecular formula is C26H24N4O7S. The van der Waals surface area contributed by atoms with Gasteiger partial charge in [-0.25, -0.2) is 13.1 Å². The summed E-state index contributed by atoms with van der Waals surface area (Å²) in [5.74, 6) is -1.36. The Kier molecular flexibility index (Phi) is 6.83. The molecule has 1 fully saturated rings. The van der Waals surface area contributed by atoms with Crippen LogP contribution in [0.3, 0.4) is 0 Å². The van der Waals surface area contributed by atoms with Crippen molar-refractivity contribution in [1.29, 1.82) is 0 Å². The van der Waals surface area contributed by atoms with E-state index in [0.29, 0.717) is 0 Å². The van der Waals surface area contributed by atoms with Gasteiger partial charge in [-0.15, -0.1) is 0 Å². The van der Waals surface area contributed by atoms with Gasteiger partial charge in [-0.2, -0.15) is 4.31 Å². The molecular weight excluding hydrogens is 512 g/mol. The van der Waals surface area contributed by atoms with Gasteiger partial charge in [-0.05, 0) is 35.0 Å². The van der Waals surface area contributed by atoms with Crippen molar-refractivity contribution in [2.24, 2.45) is 0 Å². The summed E-state index contributed by atoms with van der Waals surface area (Å²) in [4.78, 5) is 51.2. The molecule has 1 amide bonds. The van der Waals surface area contributed by atoms with Crippen LogP contribution in [-0.2, 0) is 30.9 Å². The Labute approximate surface area is 216 Å². The summed E-state index contributed by atoms with van der Waals surface area (Å²) in [6.45, 7) is -0.654. The Morgan fingerprint density at radius 1 is 0.842 bits per heavy atom. The monoisotopic (exact) mass is 536 g/mol. The van der Waals surface area contributed by atoms with Crippen LogP contribution in [0.4, 0.5) is 0 Å². The molecule has 1 N–H and O–H groups in total. The second-order valence-electron chi connectivity index (χ2n) is 8.83. The van der Waals surface area contributed by atoms with Crippen molar-refractivity contribution in [1.82, 2.24) is 19.0 Å². The number of nitrogens with one attached hydrogen (secondary N) is 1. The van der Waals surface area contributed by atoms with Crippen LogP contribution < -0.4 is 11.1 Å². The van der Waals surface area contributed by atoms with Crippen LogP contribution in [-0.4, -0.2) is 72.1 Å². The standard InChI is InChI=1S/C26H24N4O7S/c31-23(17-37-24(32)16-30-26(34)22-8-4-3-7-21(22)25(33)27-30)28-11-13-29(14-12-28)38(35,36)20-10-9-18-5-1-2-6-19(18)15-20/h1-10,15H,11-14,16-17H2,(H,27,33). The molecule has 1 aliphatic heterocycles. The fraction of sp³-hybridized carbons (Fsp3) is 0.231. The van der Waals surface area contributed by atoms with Crippen LogP contribution in [0.2, 0.25) is 0 Å². The lowest BCUT2D eigenvalue weighted by atomic mass is 10.1. The maximum absolute atomic E-state index is 13.1. The number of fused-ring (bicyclic) bond motifs is 2. The SMILES string of the molecule is O=C(Cn1[nH]c(=O)c2ccccc2c1=O)OCC(=O)N1CCN(S(=O)(=O)c2ccc3ccccc3c2)CC1. The first-order chi connectivity index (χ1) is 18.2. The van der Waals surface area contributed by atoms with Crippen LogP contribution in [0.5, 0.6) is 0 Å². The third-order valence-corrected chi connectivity index (χ3v) is 8.37. The largest absolute Gasteiger partial charge is 0.454 e. The number of rotatable bonds is 6. The van der Waals surface area contributed by atoms with E-state index in [0.717, 1.165) is 15.5 Å². The van der Waals surface area contributed by atoms with Crippen molar-refractivity contribution in [3.05, 3.63) is 87.4 Å².